The van der Waals surface area contributed by atoms with E-state index in [4.69, 9.17) is 9.47 Å². The summed E-state index contributed by atoms with van der Waals surface area (Å²) in [5, 5.41) is 0. The number of carbonyl (C=O) groups is 1. The smallest absolute Gasteiger partial charge is 0.227 e. The van der Waals surface area contributed by atoms with E-state index >= 15 is 0 Å². The molecule has 2 aliphatic heterocycles. The fraction of sp³-hybridized carbons (Fsp3) is 0.381. The van der Waals surface area contributed by atoms with Crippen molar-refractivity contribution in [2.75, 3.05) is 19.8 Å². The predicted molar refractivity (Wildman–Crippen MR) is 95.9 cm³/mol. The van der Waals surface area contributed by atoms with Crippen LogP contribution in [0.5, 0.6) is 11.5 Å². The van der Waals surface area contributed by atoms with Crippen LogP contribution in [0.2, 0.25) is 0 Å². The Labute approximate surface area is 148 Å². The number of ether oxygens (including phenoxy) is 2. The number of benzene rings is 2. The highest BCUT2D eigenvalue weighted by molar-refractivity contribution is 5.79. The van der Waals surface area contributed by atoms with Gasteiger partial charge in [0.05, 0.1) is 25.7 Å². The number of likely N-dealkylation sites (tertiary alicyclic amines) is 1. The maximum absolute atomic E-state index is 12.8. The van der Waals surface area contributed by atoms with E-state index in [1.165, 1.54) is 0 Å². The van der Waals surface area contributed by atoms with Gasteiger partial charge in [-0.25, -0.2) is 0 Å². The molecule has 0 spiro atoms. The number of carbonyl (C=O) groups excluding carboxylic acids is 1. The lowest BCUT2D eigenvalue weighted by molar-refractivity contribution is -0.131. The van der Waals surface area contributed by atoms with Crippen molar-refractivity contribution in [3.05, 3.63) is 59.7 Å². The molecule has 4 heteroatoms. The Balaban J connectivity index is 1.53. The Morgan fingerprint density at radius 2 is 1.80 bits per heavy atom. The number of hydrogen-bond donors (Lipinski definition) is 0. The van der Waals surface area contributed by atoms with Crippen LogP contribution in [0.15, 0.2) is 48.5 Å². The van der Waals surface area contributed by atoms with Crippen LogP contribution in [0.1, 0.15) is 36.4 Å². The Hall–Kier alpha value is -2.49. The zero-order valence-corrected chi connectivity index (χ0v) is 14.3. The summed E-state index contributed by atoms with van der Waals surface area (Å²) < 4.78 is 11.5. The van der Waals surface area contributed by atoms with Crippen molar-refractivity contribution in [2.45, 2.75) is 31.7 Å². The highest BCUT2D eigenvalue weighted by Gasteiger charge is 2.30. The van der Waals surface area contributed by atoms with Gasteiger partial charge in [-0.15, -0.1) is 0 Å². The Morgan fingerprint density at radius 1 is 1.00 bits per heavy atom. The van der Waals surface area contributed by atoms with Crippen LogP contribution in [0, 0.1) is 0 Å². The number of rotatable bonds is 3. The molecular formula is C21H23NO3. The highest BCUT2D eigenvalue weighted by Crippen LogP contribution is 2.38. The molecule has 0 bridgehead atoms. The van der Waals surface area contributed by atoms with Gasteiger partial charge in [0.15, 0.2) is 11.5 Å². The van der Waals surface area contributed by atoms with Crippen molar-refractivity contribution in [3.63, 3.8) is 0 Å². The predicted octanol–water partition coefficient (Wildman–Crippen LogP) is 3.75. The molecule has 25 heavy (non-hydrogen) atoms. The van der Waals surface area contributed by atoms with Crippen LogP contribution in [0.3, 0.4) is 0 Å². The first-order valence-corrected chi connectivity index (χ1v) is 9.04. The number of amides is 1. The summed E-state index contributed by atoms with van der Waals surface area (Å²) in [4.78, 5) is 14.8. The molecule has 0 aromatic heterocycles. The summed E-state index contributed by atoms with van der Waals surface area (Å²) in [5.41, 5.74) is 2.21. The lowest BCUT2D eigenvalue weighted by Gasteiger charge is -2.26. The van der Waals surface area contributed by atoms with Gasteiger partial charge in [0, 0.05) is 13.0 Å². The molecule has 2 heterocycles. The van der Waals surface area contributed by atoms with E-state index in [9.17, 15) is 4.79 Å². The average molecular weight is 337 g/mol. The van der Waals surface area contributed by atoms with Crippen LogP contribution in [0.4, 0.5) is 0 Å². The first-order valence-electron chi connectivity index (χ1n) is 9.04. The molecule has 1 amide bonds. The summed E-state index contributed by atoms with van der Waals surface area (Å²) in [6.45, 7) is 2.19. The molecule has 2 aliphatic rings. The van der Waals surface area contributed by atoms with E-state index in [1.54, 1.807) is 0 Å². The molecule has 0 saturated carbocycles. The lowest BCUT2D eigenvalue weighted by Crippen LogP contribution is -2.31. The topological polar surface area (TPSA) is 38.8 Å². The van der Waals surface area contributed by atoms with Crippen molar-refractivity contribution in [1.29, 1.82) is 0 Å². The van der Waals surface area contributed by atoms with Gasteiger partial charge < -0.3 is 14.4 Å². The summed E-state index contributed by atoms with van der Waals surface area (Å²) in [6, 6.07) is 16.2. The molecule has 1 saturated heterocycles. The third-order valence-electron chi connectivity index (χ3n) is 4.93. The van der Waals surface area contributed by atoms with E-state index in [0.29, 0.717) is 19.6 Å². The molecular weight excluding hydrogens is 314 g/mol. The molecule has 130 valence electrons. The van der Waals surface area contributed by atoms with Gasteiger partial charge in [0.2, 0.25) is 5.91 Å². The van der Waals surface area contributed by atoms with Gasteiger partial charge in [-0.1, -0.05) is 36.4 Å². The van der Waals surface area contributed by atoms with Crippen LogP contribution in [0.25, 0.3) is 0 Å². The summed E-state index contributed by atoms with van der Waals surface area (Å²) >= 11 is 0. The monoisotopic (exact) mass is 337 g/mol. The lowest BCUT2D eigenvalue weighted by atomic mass is 10.0. The largest absolute Gasteiger partial charge is 0.490 e. The first-order chi connectivity index (χ1) is 12.3. The zero-order chi connectivity index (χ0) is 17.1. The van der Waals surface area contributed by atoms with Crippen molar-refractivity contribution in [2.24, 2.45) is 0 Å². The van der Waals surface area contributed by atoms with Gasteiger partial charge in [-0.3, -0.25) is 4.79 Å². The van der Waals surface area contributed by atoms with Crippen molar-refractivity contribution in [1.82, 2.24) is 4.90 Å². The van der Waals surface area contributed by atoms with Crippen molar-refractivity contribution >= 4 is 5.91 Å². The molecule has 1 fully saturated rings. The average Bonchev–Trinajstić information content (AvgIpc) is 3.01. The molecule has 0 aliphatic carbocycles. The van der Waals surface area contributed by atoms with E-state index < -0.39 is 0 Å². The molecule has 1 atom stereocenters. The molecule has 4 nitrogen and oxygen atoms in total. The normalized spacial score (nSPS) is 19.5. The maximum Gasteiger partial charge on any atom is 0.227 e. The van der Waals surface area contributed by atoms with Gasteiger partial charge >= 0.3 is 0 Å². The maximum atomic E-state index is 12.8. The molecule has 2 aromatic carbocycles. The van der Waals surface area contributed by atoms with Crippen molar-refractivity contribution < 1.29 is 14.3 Å². The second-order valence-electron chi connectivity index (χ2n) is 6.66. The highest BCUT2D eigenvalue weighted by atomic mass is 16.5. The van der Waals surface area contributed by atoms with E-state index in [2.05, 4.69) is 12.1 Å². The van der Waals surface area contributed by atoms with Crippen LogP contribution in [-0.2, 0) is 11.2 Å². The fourth-order valence-electron chi connectivity index (χ4n) is 3.67. The van der Waals surface area contributed by atoms with Gasteiger partial charge in [0.1, 0.15) is 0 Å². The van der Waals surface area contributed by atoms with E-state index in [0.717, 1.165) is 48.4 Å². The zero-order valence-electron chi connectivity index (χ0n) is 14.3. The quantitative estimate of drug-likeness (QED) is 0.856. The summed E-state index contributed by atoms with van der Waals surface area (Å²) in [7, 11) is 0. The third-order valence-corrected chi connectivity index (χ3v) is 4.93. The van der Waals surface area contributed by atoms with Crippen LogP contribution < -0.4 is 9.47 Å². The Morgan fingerprint density at radius 3 is 2.64 bits per heavy atom. The fourth-order valence-corrected chi connectivity index (χ4v) is 3.67. The van der Waals surface area contributed by atoms with Gasteiger partial charge in [0.25, 0.3) is 0 Å². The first kappa shape index (κ1) is 16.0. The SMILES string of the molecule is O=C(Cc1ccccc1)N1CCC[C@H]1c1ccc2c(c1)OCCCO2. The van der Waals surface area contributed by atoms with Crippen LogP contribution >= 0.6 is 0 Å². The van der Waals surface area contributed by atoms with E-state index in [-0.39, 0.29) is 11.9 Å². The second-order valence-corrected chi connectivity index (χ2v) is 6.66. The minimum atomic E-state index is 0.133. The standard InChI is InChI=1S/C21H23NO3/c23-21(14-16-6-2-1-3-7-16)22-11-4-8-18(22)17-9-10-19-20(15-17)25-13-5-12-24-19/h1-3,6-7,9-10,15,18H,4-5,8,11-14H2/t18-/m0/s1. The minimum absolute atomic E-state index is 0.133. The number of fused-ring (bicyclic) bond motifs is 1. The molecule has 0 radical (unpaired) electrons. The Kier molecular flexibility index (Phi) is 4.59. The van der Waals surface area contributed by atoms with E-state index in [1.807, 2.05) is 41.3 Å². The molecule has 0 N–H and O–H groups in total. The van der Waals surface area contributed by atoms with Crippen LogP contribution in [-0.4, -0.2) is 30.6 Å². The second kappa shape index (κ2) is 7.18. The Bertz CT molecular complexity index is 744. The number of nitrogens with zero attached hydrogens (tertiary/aromatic N) is 1. The third kappa shape index (κ3) is 3.48. The summed E-state index contributed by atoms with van der Waals surface area (Å²) in [5.74, 6) is 1.81. The minimum Gasteiger partial charge on any atom is -0.490 e. The van der Waals surface area contributed by atoms with Crippen molar-refractivity contribution in [3.8, 4) is 11.5 Å². The number of hydrogen-bond acceptors (Lipinski definition) is 3. The molecule has 4 rings (SSSR count). The van der Waals surface area contributed by atoms with Gasteiger partial charge in [-0.05, 0) is 36.1 Å². The molecule has 0 unspecified atom stereocenters. The van der Waals surface area contributed by atoms with Gasteiger partial charge in [-0.2, -0.15) is 0 Å². The summed E-state index contributed by atoms with van der Waals surface area (Å²) in [6.07, 6.45) is 3.40. The molecule has 2 aromatic rings.